The molecule has 4 rings (SSSR count). The molecule has 2 aliphatic rings. The molecule has 1 saturated heterocycles. The normalized spacial score (nSPS) is 22.8. The summed E-state index contributed by atoms with van der Waals surface area (Å²) in [7, 11) is 0. The van der Waals surface area contributed by atoms with Crippen LogP contribution in [0.25, 0.3) is 11.3 Å². The summed E-state index contributed by atoms with van der Waals surface area (Å²) in [5, 5.41) is 0. The van der Waals surface area contributed by atoms with Gasteiger partial charge in [-0.15, -0.1) is 0 Å². The number of rotatable bonds is 4. The molecule has 2 heterocycles. The number of aryl methyl sites for hydroxylation is 2. The van der Waals surface area contributed by atoms with Crippen LogP contribution in [0.1, 0.15) is 37.1 Å². The Morgan fingerprint density at radius 1 is 1.28 bits per heavy atom. The van der Waals surface area contributed by atoms with E-state index in [4.69, 9.17) is 9.15 Å². The second kappa shape index (κ2) is 7.00. The van der Waals surface area contributed by atoms with E-state index in [-0.39, 0.29) is 18.1 Å². The van der Waals surface area contributed by atoms with Crippen molar-refractivity contribution in [2.75, 3.05) is 13.2 Å². The van der Waals surface area contributed by atoms with Crippen LogP contribution in [0.5, 0.6) is 0 Å². The summed E-state index contributed by atoms with van der Waals surface area (Å²) in [5.74, 6) is 1.57. The summed E-state index contributed by atoms with van der Waals surface area (Å²) < 4.78 is 11.6. The lowest BCUT2D eigenvalue weighted by Crippen LogP contribution is -2.51. The Hall–Kier alpha value is -2.14. The predicted octanol–water partition coefficient (Wildman–Crippen LogP) is 3.36. The summed E-state index contributed by atoms with van der Waals surface area (Å²) >= 11 is 0. The van der Waals surface area contributed by atoms with Crippen LogP contribution in [-0.2, 0) is 16.0 Å². The predicted molar refractivity (Wildman–Crippen MR) is 94.1 cm³/mol. The number of carbonyl (C=O) groups excluding carboxylic acids is 1. The number of nitrogens with zero attached hydrogens (tertiary/aromatic N) is 2. The van der Waals surface area contributed by atoms with Crippen molar-refractivity contribution in [3.05, 3.63) is 41.9 Å². The minimum absolute atomic E-state index is 0.190. The molecule has 1 amide bonds. The van der Waals surface area contributed by atoms with Gasteiger partial charge in [-0.25, -0.2) is 4.98 Å². The highest BCUT2D eigenvalue weighted by atomic mass is 16.5. The number of amides is 1. The molecule has 0 radical (unpaired) electrons. The molecule has 1 saturated carbocycles. The number of oxazole rings is 1. The first-order valence-electron chi connectivity index (χ1n) is 9.13. The zero-order valence-electron chi connectivity index (χ0n) is 14.6. The lowest BCUT2D eigenvalue weighted by Gasteiger charge is -2.37. The average Bonchev–Trinajstić information content (AvgIpc) is 3.29. The first-order chi connectivity index (χ1) is 12.2. The highest BCUT2D eigenvalue weighted by molar-refractivity contribution is 5.77. The van der Waals surface area contributed by atoms with Gasteiger partial charge in [0.15, 0.2) is 11.7 Å². The van der Waals surface area contributed by atoms with Crippen molar-refractivity contribution in [3.8, 4) is 11.3 Å². The fourth-order valence-corrected chi connectivity index (χ4v) is 3.87. The van der Waals surface area contributed by atoms with Crippen LogP contribution in [0, 0.1) is 6.92 Å². The Balaban J connectivity index is 1.37. The number of carbonyl (C=O) groups is 1. The van der Waals surface area contributed by atoms with Gasteiger partial charge in [-0.2, -0.15) is 0 Å². The third kappa shape index (κ3) is 3.47. The molecule has 0 bridgehead atoms. The van der Waals surface area contributed by atoms with Crippen molar-refractivity contribution in [1.29, 1.82) is 0 Å². The van der Waals surface area contributed by atoms with E-state index < -0.39 is 0 Å². The third-order valence-corrected chi connectivity index (χ3v) is 5.24. The van der Waals surface area contributed by atoms with Gasteiger partial charge in [0.1, 0.15) is 0 Å². The van der Waals surface area contributed by atoms with E-state index in [0.717, 1.165) is 30.6 Å². The Kier molecular flexibility index (Phi) is 4.57. The van der Waals surface area contributed by atoms with Gasteiger partial charge < -0.3 is 14.1 Å². The van der Waals surface area contributed by atoms with Gasteiger partial charge in [-0.05, 0) is 26.2 Å². The van der Waals surface area contributed by atoms with Crippen LogP contribution in [0.2, 0.25) is 0 Å². The third-order valence-electron chi connectivity index (χ3n) is 5.24. The zero-order chi connectivity index (χ0) is 17.2. The first kappa shape index (κ1) is 16.3. The quantitative estimate of drug-likeness (QED) is 0.856. The standard InChI is InChI=1S/C20H24N2O3/c1-14-5-7-15(8-6-14)18-13-21-19(25-18)9-10-20(23)22-11-12-24-17-4-2-3-16(17)22/h5-8,13,16-17H,2-4,9-12H2,1H3/t16-,17-/m1/s1. The minimum Gasteiger partial charge on any atom is -0.441 e. The molecule has 0 unspecified atom stereocenters. The van der Waals surface area contributed by atoms with Crippen LogP contribution in [0.3, 0.4) is 0 Å². The molecule has 1 aliphatic heterocycles. The second-order valence-corrected chi connectivity index (χ2v) is 6.98. The molecule has 132 valence electrons. The van der Waals surface area contributed by atoms with Crippen molar-refractivity contribution < 1.29 is 13.9 Å². The molecule has 1 aliphatic carbocycles. The van der Waals surface area contributed by atoms with E-state index in [2.05, 4.69) is 24.0 Å². The lowest BCUT2D eigenvalue weighted by atomic mass is 10.1. The van der Waals surface area contributed by atoms with Gasteiger partial charge in [0.25, 0.3) is 0 Å². The summed E-state index contributed by atoms with van der Waals surface area (Å²) in [6.45, 7) is 3.42. The van der Waals surface area contributed by atoms with Crippen molar-refractivity contribution in [2.45, 2.75) is 51.2 Å². The van der Waals surface area contributed by atoms with Gasteiger partial charge >= 0.3 is 0 Å². The summed E-state index contributed by atoms with van der Waals surface area (Å²) in [4.78, 5) is 19.0. The van der Waals surface area contributed by atoms with E-state index in [1.54, 1.807) is 6.20 Å². The van der Waals surface area contributed by atoms with Crippen molar-refractivity contribution in [2.24, 2.45) is 0 Å². The highest BCUT2D eigenvalue weighted by Gasteiger charge is 2.38. The smallest absolute Gasteiger partial charge is 0.223 e. The summed E-state index contributed by atoms with van der Waals surface area (Å²) in [5.41, 5.74) is 2.22. The van der Waals surface area contributed by atoms with Crippen molar-refractivity contribution in [3.63, 3.8) is 0 Å². The maximum absolute atomic E-state index is 12.6. The molecule has 1 aromatic heterocycles. The number of fused-ring (bicyclic) bond motifs is 1. The van der Waals surface area contributed by atoms with E-state index in [1.165, 1.54) is 5.56 Å². The minimum atomic E-state index is 0.190. The van der Waals surface area contributed by atoms with Crippen LogP contribution >= 0.6 is 0 Å². The number of ether oxygens (including phenoxy) is 1. The first-order valence-corrected chi connectivity index (χ1v) is 9.13. The fourth-order valence-electron chi connectivity index (χ4n) is 3.87. The number of hydrogen-bond acceptors (Lipinski definition) is 4. The molecule has 2 atom stereocenters. The lowest BCUT2D eigenvalue weighted by molar-refractivity contribution is -0.144. The molecule has 2 fully saturated rings. The molecule has 25 heavy (non-hydrogen) atoms. The molecular weight excluding hydrogens is 316 g/mol. The largest absolute Gasteiger partial charge is 0.441 e. The second-order valence-electron chi connectivity index (χ2n) is 6.98. The monoisotopic (exact) mass is 340 g/mol. The van der Waals surface area contributed by atoms with Crippen LogP contribution in [0.4, 0.5) is 0 Å². The van der Waals surface area contributed by atoms with E-state index >= 15 is 0 Å². The molecule has 0 spiro atoms. The molecule has 5 heteroatoms. The Labute approximate surface area is 148 Å². The van der Waals surface area contributed by atoms with E-state index in [1.807, 2.05) is 17.0 Å². The summed E-state index contributed by atoms with van der Waals surface area (Å²) in [6.07, 6.45) is 6.26. The molecule has 2 aromatic rings. The van der Waals surface area contributed by atoms with Gasteiger partial charge in [-0.1, -0.05) is 29.8 Å². The number of benzene rings is 1. The van der Waals surface area contributed by atoms with Crippen LogP contribution < -0.4 is 0 Å². The summed E-state index contributed by atoms with van der Waals surface area (Å²) in [6, 6.07) is 8.43. The molecule has 0 N–H and O–H groups in total. The number of aromatic nitrogens is 1. The van der Waals surface area contributed by atoms with Gasteiger partial charge in [0.2, 0.25) is 5.91 Å². The molecular formula is C20H24N2O3. The van der Waals surface area contributed by atoms with E-state index in [0.29, 0.717) is 31.9 Å². The highest BCUT2D eigenvalue weighted by Crippen LogP contribution is 2.30. The number of hydrogen-bond donors (Lipinski definition) is 0. The van der Waals surface area contributed by atoms with Crippen molar-refractivity contribution >= 4 is 5.91 Å². The average molecular weight is 340 g/mol. The Morgan fingerprint density at radius 2 is 2.12 bits per heavy atom. The Bertz CT molecular complexity index is 738. The topological polar surface area (TPSA) is 55.6 Å². The van der Waals surface area contributed by atoms with Gasteiger partial charge in [-0.3, -0.25) is 4.79 Å². The van der Waals surface area contributed by atoms with Crippen LogP contribution in [0.15, 0.2) is 34.9 Å². The van der Waals surface area contributed by atoms with Gasteiger partial charge in [0, 0.05) is 24.9 Å². The zero-order valence-corrected chi connectivity index (χ0v) is 14.6. The van der Waals surface area contributed by atoms with Gasteiger partial charge in [0.05, 0.1) is 24.9 Å². The maximum Gasteiger partial charge on any atom is 0.223 e. The molecule has 1 aromatic carbocycles. The van der Waals surface area contributed by atoms with Crippen molar-refractivity contribution in [1.82, 2.24) is 9.88 Å². The van der Waals surface area contributed by atoms with E-state index in [9.17, 15) is 4.79 Å². The fraction of sp³-hybridized carbons (Fsp3) is 0.500. The molecule has 5 nitrogen and oxygen atoms in total. The SMILES string of the molecule is Cc1ccc(-c2cnc(CCC(=O)N3CCO[C@@H]4CCC[C@H]43)o2)cc1. The maximum atomic E-state index is 12.6. The Morgan fingerprint density at radius 3 is 2.96 bits per heavy atom. The van der Waals surface area contributed by atoms with Crippen LogP contribution in [-0.4, -0.2) is 41.1 Å². The number of morpholine rings is 1.